The number of hydrogen-bond donors (Lipinski definition) is 2. The van der Waals surface area contributed by atoms with Crippen LogP contribution in [0.5, 0.6) is 0 Å². The maximum atomic E-state index is 11.2. The highest BCUT2D eigenvalue weighted by atomic mass is 16.1. The second-order valence-corrected chi connectivity index (χ2v) is 5.34. The van der Waals surface area contributed by atoms with E-state index in [1.54, 1.807) is 0 Å². The van der Waals surface area contributed by atoms with Gasteiger partial charge in [0.1, 0.15) is 0 Å². The van der Waals surface area contributed by atoms with Crippen molar-refractivity contribution in [1.82, 2.24) is 10.6 Å². The third-order valence-electron chi connectivity index (χ3n) is 3.49. The van der Waals surface area contributed by atoms with Gasteiger partial charge in [-0.2, -0.15) is 0 Å². The van der Waals surface area contributed by atoms with Crippen molar-refractivity contribution in [3.8, 4) is 0 Å². The van der Waals surface area contributed by atoms with Crippen molar-refractivity contribution >= 4 is 5.91 Å². The Morgan fingerprint density at radius 1 is 1.33 bits per heavy atom. The molecule has 0 saturated carbocycles. The molecular weight excluding hydrogens is 224 g/mol. The minimum atomic E-state index is 0.183. The second kappa shape index (κ2) is 6.01. The van der Waals surface area contributed by atoms with E-state index in [4.69, 9.17) is 0 Å². The van der Waals surface area contributed by atoms with E-state index in [0.717, 1.165) is 13.0 Å². The van der Waals surface area contributed by atoms with Gasteiger partial charge in [0.05, 0.1) is 0 Å². The molecule has 1 saturated heterocycles. The number of benzene rings is 1. The lowest BCUT2D eigenvalue weighted by atomic mass is 9.96. The van der Waals surface area contributed by atoms with E-state index in [2.05, 4.69) is 48.7 Å². The number of amides is 1. The van der Waals surface area contributed by atoms with Gasteiger partial charge in [-0.1, -0.05) is 44.2 Å². The Balaban J connectivity index is 1.93. The summed E-state index contributed by atoms with van der Waals surface area (Å²) in [7, 11) is 0. The molecule has 2 atom stereocenters. The van der Waals surface area contributed by atoms with Gasteiger partial charge in [0.15, 0.2) is 0 Å². The summed E-state index contributed by atoms with van der Waals surface area (Å²) >= 11 is 0. The lowest BCUT2D eigenvalue weighted by Crippen LogP contribution is -2.38. The highest BCUT2D eigenvalue weighted by Crippen LogP contribution is 2.21. The zero-order chi connectivity index (χ0) is 13.0. The van der Waals surface area contributed by atoms with Crippen molar-refractivity contribution in [2.24, 2.45) is 5.92 Å². The van der Waals surface area contributed by atoms with Gasteiger partial charge in [-0.3, -0.25) is 4.79 Å². The quantitative estimate of drug-likeness (QED) is 0.836. The van der Waals surface area contributed by atoms with Crippen molar-refractivity contribution in [2.45, 2.75) is 38.8 Å². The van der Waals surface area contributed by atoms with Gasteiger partial charge in [-0.15, -0.1) is 0 Å². The first-order valence-electron chi connectivity index (χ1n) is 6.74. The Morgan fingerprint density at radius 3 is 2.61 bits per heavy atom. The summed E-state index contributed by atoms with van der Waals surface area (Å²) in [4.78, 5) is 11.2. The van der Waals surface area contributed by atoms with Gasteiger partial charge in [0, 0.05) is 25.0 Å². The topological polar surface area (TPSA) is 41.1 Å². The maximum absolute atomic E-state index is 11.2. The van der Waals surface area contributed by atoms with E-state index in [1.807, 2.05) is 6.07 Å². The molecule has 3 nitrogen and oxygen atoms in total. The summed E-state index contributed by atoms with van der Waals surface area (Å²) in [5, 5.41) is 6.58. The minimum Gasteiger partial charge on any atom is -0.352 e. The molecule has 1 heterocycles. The van der Waals surface area contributed by atoms with Crippen molar-refractivity contribution in [3.05, 3.63) is 35.9 Å². The summed E-state index contributed by atoms with van der Waals surface area (Å²) in [5.74, 6) is 0.715. The average molecular weight is 246 g/mol. The van der Waals surface area contributed by atoms with Crippen LogP contribution in [0.3, 0.4) is 0 Å². The van der Waals surface area contributed by atoms with E-state index in [0.29, 0.717) is 24.4 Å². The van der Waals surface area contributed by atoms with Crippen LogP contribution in [0.1, 0.15) is 38.3 Å². The van der Waals surface area contributed by atoms with Crippen molar-refractivity contribution in [1.29, 1.82) is 0 Å². The Hall–Kier alpha value is -1.35. The van der Waals surface area contributed by atoms with Gasteiger partial charge < -0.3 is 10.6 Å². The van der Waals surface area contributed by atoms with Crippen LogP contribution in [0.4, 0.5) is 0 Å². The zero-order valence-electron chi connectivity index (χ0n) is 11.1. The smallest absolute Gasteiger partial charge is 0.220 e. The van der Waals surface area contributed by atoms with Crippen LogP contribution in [0.2, 0.25) is 0 Å². The third kappa shape index (κ3) is 3.33. The third-order valence-corrected chi connectivity index (χ3v) is 3.49. The van der Waals surface area contributed by atoms with E-state index in [1.165, 1.54) is 5.56 Å². The molecule has 1 amide bonds. The van der Waals surface area contributed by atoms with Crippen molar-refractivity contribution < 1.29 is 4.79 Å². The highest BCUT2D eigenvalue weighted by Gasteiger charge is 2.22. The molecule has 1 aliphatic heterocycles. The van der Waals surface area contributed by atoms with E-state index >= 15 is 0 Å². The molecule has 0 bridgehead atoms. The molecule has 1 fully saturated rings. The number of rotatable bonds is 5. The predicted octanol–water partition coefficient (Wildman–Crippen LogP) is 2.25. The molecule has 0 aromatic heterocycles. The van der Waals surface area contributed by atoms with E-state index in [-0.39, 0.29) is 5.91 Å². The van der Waals surface area contributed by atoms with Crippen LogP contribution in [-0.4, -0.2) is 18.5 Å². The van der Waals surface area contributed by atoms with Crippen LogP contribution in [0.25, 0.3) is 0 Å². The molecular formula is C15H22N2O. The fourth-order valence-corrected chi connectivity index (χ4v) is 2.50. The molecule has 1 aromatic rings. The molecule has 3 heteroatoms. The first-order chi connectivity index (χ1) is 8.66. The number of carbonyl (C=O) groups excluding carboxylic acids is 1. The average Bonchev–Trinajstić information content (AvgIpc) is 2.76. The standard InChI is InChI=1S/C15H22N2O/c1-11(2)15(12-6-4-3-5-7-12)16-10-13-8-9-14(18)17-13/h3-7,11,13,15-16H,8-10H2,1-2H3,(H,17,18). The summed E-state index contributed by atoms with van der Waals surface area (Å²) in [6, 6.07) is 11.1. The van der Waals surface area contributed by atoms with Gasteiger partial charge in [-0.25, -0.2) is 0 Å². The summed E-state index contributed by atoms with van der Waals surface area (Å²) < 4.78 is 0. The van der Waals surface area contributed by atoms with Gasteiger partial charge in [0.2, 0.25) is 5.91 Å². The first kappa shape index (κ1) is 13.1. The van der Waals surface area contributed by atoms with Crippen LogP contribution < -0.4 is 10.6 Å². The normalized spacial score (nSPS) is 21.1. The summed E-state index contributed by atoms with van der Waals surface area (Å²) in [6.45, 7) is 5.29. The van der Waals surface area contributed by atoms with Gasteiger partial charge >= 0.3 is 0 Å². The first-order valence-corrected chi connectivity index (χ1v) is 6.74. The SMILES string of the molecule is CC(C)C(NCC1CCC(=O)N1)c1ccccc1. The Morgan fingerprint density at radius 2 is 2.06 bits per heavy atom. The molecule has 0 aliphatic carbocycles. The van der Waals surface area contributed by atoms with Crippen molar-refractivity contribution in [3.63, 3.8) is 0 Å². The molecule has 1 aliphatic rings. The molecule has 2 unspecified atom stereocenters. The fraction of sp³-hybridized carbons (Fsp3) is 0.533. The summed E-state index contributed by atoms with van der Waals surface area (Å²) in [6.07, 6.45) is 1.62. The fourth-order valence-electron chi connectivity index (χ4n) is 2.50. The van der Waals surface area contributed by atoms with Crippen molar-refractivity contribution in [2.75, 3.05) is 6.54 Å². The Bertz CT molecular complexity index is 389. The summed E-state index contributed by atoms with van der Waals surface area (Å²) in [5.41, 5.74) is 1.32. The molecule has 0 spiro atoms. The number of nitrogens with one attached hydrogen (secondary N) is 2. The molecule has 0 radical (unpaired) electrons. The van der Waals surface area contributed by atoms with E-state index in [9.17, 15) is 4.79 Å². The van der Waals surface area contributed by atoms with Crippen LogP contribution >= 0.6 is 0 Å². The molecule has 2 N–H and O–H groups in total. The van der Waals surface area contributed by atoms with E-state index < -0.39 is 0 Å². The largest absolute Gasteiger partial charge is 0.352 e. The maximum Gasteiger partial charge on any atom is 0.220 e. The highest BCUT2D eigenvalue weighted by molar-refractivity contribution is 5.78. The van der Waals surface area contributed by atoms with Crippen LogP contribution in [0, 0.1) is 5.92 Å². The molecule has 1 aromatic carbocycles. The van der Waals surface area contributed by atoms with Gasteiger partial charge in [-0.05, 0) is 17.9 Å². The minimum absolute atomic E-state index is 0.183. The monoisotopic (exact) mass is 246 g/mol. The molecule has 18 heavy (non-hydrogen) atoms. The van der Waals surface area contributed by atoms with Crippen LogP contribution in [-0.2, 0) is 4.79 Å². The lowest BCUT2D eigenvalue weighted by molar-refractivity contribution is -0.119. The lowest BCUT2D eigenvalue weighted by Gasteiger charge is -2.24. The zero-order valence-corrected chi connectivity index (χ0v) is 11.1. The second-order valence-electron chi connectivity index (χ2n) is 5.34. The Labute approximate surface area is 109 Å². The molecule has 98 valence electrons. The number of hydrogen-bond acceptors (Lipinski definition) is 2. The van der Waals surface area contributed by atoms with Gasteiger partial charge in [0.25, 0.3) is 0 Å². The predicted molar refractivity (Wildman–Crippen MR) is 73.2 cm³/mol. The number of carbonyl (C=O) groups is 1. The van der Waals surface area contributed by atoms with Crippen LogP contribution in [0.15, 0.2) is 30.3 Å². The molecule has 2 rings (SSSR count). The Kier molecular flexibility index (Phi) is 4.37.